The molecule has 242 valence electrons. The van der Waals surface area contributed by atoms with E-state index >= 15 is 0 Å². The van der Waals surface area contributed by atoms with Gasteiger partial charge in [0.2, 0.25) is 5.95 Å². The summed E-state index contributed by atoms with van der Waals surface area (Å²) in [4.78, 5) is 26.7. The minimum atomic E-state index is -5.02. The molecule has 1 aliphatic rings. The zero-order chi connectivity index (χ0) is 33.1. The molecule has 4 rings (SSSR count). The Hall–Kier alpha value is -4.23. The molecule has 0 fully saturated rings. The van der Waals surface area contributed by atoms with E-state index in [0.717, 1.165) is 0 Å². The highest BCUT2D eigenvalue weighted by molar-refractivity contribution is 5.90. The van der Waals surface area contributed by atoms with Crippen LogP contribution < -0.4 is 19.4 Å². The second-order valence-electron chi connectivity index (χ2n) is 10.5. The molecule has 0 aliphatic carbocycles. The van der Waals surface area contributed by atoms with Crippen LogP contribution in [0.4, 0.5) is 48.5 Å². The highest BCUT2D eigenvalue weighted by Crippen LogP contribution is 2.45. The smallest absolute Gasteiger partial charge is 0.416 e. The van der Waals surface area contributed by atoms with Crippen LogP contribution in [0.5, 0.6) is 5.75 Å². The summed E-state index contributed by atoms with van der Waals surface area (Å²) in [5, 5.41) is 0. The largest absolute Gasteiger partial charge is 0.497 e. The van der Waals surface area contributed by atoms with Crippen molar-refractivity contribution in [3.8, 4) is 5.75 Å². The number of alkyl halides is 6. The van der Waals surface area contributed by atoms with Crippen molar-refractivity contribution in [2.24, 2.45) is 0 Å². The molecule has 2 atom stereocenters. The molecule has 3 aromatic rings. The van der Waals surface area contributed by atoms with Crippen molar-refractivity contribution in [1.29, 1.82) is 0 Å². The molecule has 0 unspecified atom stereocenters. The Kier molecular flexibility index (Phi) is 10.0. The molecule has 2 aromatic carbocycles. The van der Waals surface area contributed by atoms with Crippen molar-refractivity contribution in [3.63, 3.8) is 0 Å². The molecular formula is C31H33F6N5O3. The monoisotopic (exact) mass is 637 g/mol. The summed E-state index contributed by atoms with van der Waals surface area (Å²) in [6, 6.07) is 5.33. The second kappa shape index (κ2) is 13.4. The first-order valence-corrected chi connectivity index (χ1v) is 14.1. The van der Waals surface area contributed by atoms with Crippen molar-refractivity contribution >= 4 is 23.4 Å². The van der Waals surface area contributed by atoms with E-state index in [9.17, 15) is 31.1 Å². The Morgan fingerprint density at radius 2 is 1.64 bits per heavy atom. The Bertz CT molecular complexity index is 1450. The average Bonchev–Trinajstić information content (AvgIpc) is 3.01. The molecule has 1 aromatic heterocycles. The maximum atomic E-state index is 13.8. The molecule has 0 N–H and O–H groups in total. The summed E-state index contributed by atoms with van der Waals surface area (Å²) >= 11 is 0. The molecule has 45 heavy (non-hydrogen) atoms. The molecule has 0 bridgehead atoms. The molecule has 0 spiro atoms. The van der Waals surface area contributed by atoms with Crippen LogP contribution in [0.1, 0.15) is 55.0 Å². The van der Waals surface area contributed by atoms with Crippen LogP contribution in [0.15, 0.2) is 48.8 Å². The average molecular weight is 638 g/mol. The van der Waals surface area contributed by atoms with Crippen molar-refractivity contribution in [3.05, 3.63) is 78.0 Å². The van der Waals surface area contributed by atoms with Gasteiger partial charge in [-0.15, -0.1) is 0 Å². The third-order valence-corrected chi connectivity index (χ3v) is 7.62. The number of carbonyl (C=O) groups is 1. The van der Waals surface area contributed by atoms with Crippen molar-refractivity contribution in [1.82, 2.24) is 9.97 Å². The fourth-order valence-electron chi connectivity index (χ4n) is 5.31. The zero-order valence-corrected chi connectivity index (χ0v) is 25.1. The molecule has 1 amide bonds. The molecular weight excluding hydrogens is 604 g/mol. The first-order chi connectivity index (χ1) is 21.2. The molecule has 0 saturated carbocycles. The standard InChI is InChI=1S/C31H33F6N5O3/c1-6-22-14-27(25-15-24(44-5)9-10-26(25)42(22)29(43)45-8-3)41(28-38-16-23(17-39-28)40(4)7-2)18-19-11-20(30(32,33)34)13-21(12-19)31(35,36)37/h2,9-13,15-17,22,27H,6-8,14,18H2,1,3-5H3/t22-,27+/m1/s1. The molecule has 2 radical (unpaired) electrons. The van der Waals surface area contributed by atoms with Crippen LogP contribution in [-0.4, -0.2) is 49.4 Å². The van der Waals surface area contributed by atoms with Crippen LogP contribution in [0.25, 0.3) is 0 Å². The maximum Gasteiger partial charge on any atom is 0.416 e. The number of anilines is 3. The Morgan fingerprint density at radius 1 is 1.02 bits per heavy atom. The Labute approximate surface area is 257 Å². The van der Waals surface area contributed by atoms with Crippen molar-refractivity contribution < 1.29 is 40.6 Å². The van der Waals surface area contributed by atoms with Gasteiger partial charge in [-0.1, -0.05) is 6.92 Å². The van der Waals surface area contributed by atoms with E-state index in [1.165, 1.54) is 24.4 Å². The van der Waals surface area contributed by atoms with Gasteiger partial charge in [-0.3, -0.25) is 4.90 Å². The van der Waals surface area contributed by atoms with E-state index in [1.807, 2.05) is 6.92 Å². The number of aromatic nitrogens is 2. The SMILES string of the molecule is [CH]CN(C)c1cnc(N(Cc2cc(C(F)(F)F)cc(C(F)(F)F)c2)[C@H]2C[C@@H](CC)N(C(=O)OCC)c3ccc(OC)cc32)nc1. The third kappa shape index (κ3) is 7.36. The number of carbonyl (C=O) groups excluding carboxylic acids is 1. The van der Waals surface area contributed by atoms with E-state index in [1.54, 1.807) is 42.0 Å². The quantitative estimate of drug-likeness (QED) is 0.224. The van der Waals surface area contributed by atoms with Crippen LogP contribution >= 0.6 is 0 Å². The number of fused-ring (bicyclic) bond motifs is 1. The second-order valence-corrected chi connectivity index (χ2v) is 10.5. The number of benzene rings is 2. The topological polar surface area (TPSA) is 71.0 Å². The van der Waals surface area contributed by atoms with Crippen LogP contribution in [-0.2, 0) is 23.6 Å². The van der Waals surface area contributed by atoms with Gasteiger partial charge < -0.3 is 19.3 Å². The summed E-state index contributed by atoms with van der Waals surface area (Å²) < 4.78 is 93.4. The summed E-state index contributed by atoms with van der Waals surface area (Å²) in [7, 11) is 3.16. The highest BCUT2D eigenvalue weighted by atomic mass is 19.4. The van der Waals surface area contributed by atoms with E-state index in [4.69, 9.17) is 16.4 Å². The van der Waals surface area contributed by atoms with E-state index in [-0.39, 0.29) is 37.2 Å². The van der Waals surface area contributed by atoms with E-state index < -0.39 is 48.2 Å². The first kappa shape index (κ1) is 33.7. The molecule has 8 nitrogen and oxygen atoms in total. The number of halogens is 6. The number of hydrogen-bond donors (Lipinski definition) is 0. The number of methoxy groups -OCH3 is 1. The van der Waals surface area contributed by atoms with Gasteiger partial charge in [0.05, 0.1) is 54.7 Å². The van der Waals surface area contributed by atoms with Gasteiger partial charge in [-0.05, 0) is 68.7 Å². The Morgan fingerprint density at radius 3 is 2.16 bits per heavy atom. The van der Waals surface area contributed by atoms with Gasteiger partial charge in [0.15, 0.2) is 0 Å². The highest BCUT2D eigenvalue weighted by Gasteiger charge is 2.41. The van der Waals surface area contributed by atoms with Crippen LogP contribution in [0.3, 0.4) is 0 Å². The summed E-state index contributed by atoms with van der Waals surface area (Å²) in [6.45, 7) is 9.11. The number of hydrogen-bond acceptors (Lipinski definition) is 7. The first-order valence-electron chi connectivity index (χ1n) is 14.1. The van der Waals surface area contributed by atoms with Crippen molar-refractivity contribution in [2.75, 3.05) is 42.0 Å². The number of nitrogens with zero attached hydrogens (tertiary/aromatic N) is 5. The van der Waals surface area contributed by atoms with Crippen LogP contribution in [0, 0.1) is 6.92 Å². The summed E-state index contributed by atoms with van der Waals surface area (Å²) in [6.07, 6.45) is -7.00. The molecule has 0 saturated heterocycles. The lowest BCUT2D eigenvalue weighted by molar-refractivity contribution is -0.143. The van der Waals surface area contributed by atoms with Gasteiger partial charge in [-0.2, -0.15) is 26.3 Å². The van der Waals surface area contributed by atoms with Crippen LogP contribution in [0.2, 0.25) is 0 Å². The third-order valence-electron chi connectivity index (χ3n) is 7.62. The Balaban J connectivity index is 1.93. The molecule has 1 aliphatic heterocycles. The van der Waals surface area contributed by atoms with Gasteiger partial charge in [0, 0.05) is 31.7 Å². The number of amides is 1. The van der Waals surface area contributed by atoms with Gasteiger partial charge >= 0.3 is 18.4 Å². The molecule has 14 heteroatoms. The van der Waals surface area contributed by atoms with Crippen molar-refractivity contribution in [2.45, 2.75) is 57.7 Å². The number of ether oxygens (including phenoxy) is 2. The normalized spacial score (nSPS) is 16.6. The summed E-state index contributed by atoms with van der Waals surface area (Å²) in [5.41, 5.74) is -1.58. The molecule has 2 heterocycles. The fraction of sp³-hybridized carbons (Fsp3) is 0.419. The lowest BCUT2D eigenvalue weighted by Gasteiger charge is -2.44. The lowest BCUT2D eigenvalue weighted by atomic mass is 9.88. The predicted octanol–water partition coefficient (Wildman–Crippen LogP) is 7.56. The lowest BCUT2D eigenvalue weighted by Crippen LogP contribution is -2.48. The zero-order valence-electron chi connectivity index (χ0n) is 25.1. The van der Waals surface area contributed by atoms with Gasteiger partial charge in [0.25, 0.3) is 0 Å². The predicted molar refractivity (Wildman–Crippen MR) is 156 cm³/mol. The summed E-state index contributed by atoms with van der Waals surface area (Å²) in [5.74, 6) is 0.477. The maximum absolute atomic E-state index is 13.8. The minimum absolute atomic E-state index is 0.0494. The fourth-order valence-corrected chi connectivity index (χ4v) is 5.31. The van der Waals surface area contributed by atoms with Gasteiger partial charge in [-0.25, -0.2) is 14.8 Å². The van der Waals surface area contributed by atoms with E-state index in [2.05, 4.69) is 9.97 Å². The minimum Gasteiger partial charge on any atom is -0.497 e. The van der Waals surface area contributed by atoms with E-state index in [0.29, 0.717) is 41.2 Å². The number of rotatable bonds is 9. The van der Waals surface area contributed by atoms with Gasteiger partial charge in [0.1, 0.15) is 5.75 Å².